The van der Waals surface area contributed by atoms with Crippen LogP contribution < -0.4 is 5.32 Å². The largest absolute Gasteiger partial charge is 0.453 e. The maximum absolute atomic E-state index is 12.8. The number of rotatable bonds is 5. The molecule has 3 heterocycles. The van der Waals surface area contributed by atoms with Crippen LogP contribution in [-0.4, -0.2) is 45.9 Å². The Bertz CT molecular complexity index is 1040. The lowest BCUT2D eigenvalue weighted by Crippen LogP contribution is -2.42. The van der Waals surface area contributed by atoms with E-state index in [0.717, 1.165) is 10.9 Å². The van der Waals surface area contributed by atoms with Gasteiger partial charge in [0, 0.05) is 50.5 Å². The SMILES string of the molecule is C[C@@H](CN(C)C(=O)c1nccc2ccn(C)c12)NC(=O)c1coc(C#N)c1. The predicted octanol–water partition coefficient (Wildman–Crippen LogP) is 1.93. The number of likely N-dealkylation sites (N-methyl/N-ethyl adjacent to an activating group) is 1. The summed E-state index contributed by atoms with van der Waals surface area (Å²) in [5.74, 6) is -0.517. The van der Waals surface area contributed by atoms with E-state index in [-0.39, 0.29) is 29.2 Å². The van der Waals surface area contributed by atoms with Crippen LogP contribution in [0.2, 0.25) is 0 Å². The minimum absolute atomic E-state index is 0.0711. The van der Waals surface area contributed by atoms with Gasteiger partial charge in [0.05, 0.1) is 11.1 Å². The van der Waals surface area contributed by atoms with Crippen LogP contribution in [0.15, 0.2) is 41.3 Å². The Morgan fingerprint density at radius 1 is 1.44 bits per heavy atom. The van der Waals surface area contributed by atoms with Crippen LogP contribution in [0.5, 0.6) is 0 Å². The van der Waals surface area contributed by atoms with Crippen molar-refractivity contribution in [3.05, 3.63) is 53.9 Å². The molecular formula is C19H19N5O3. The summed E-state index contributed by atoms with van der Waals surface area (Å²) in [5.41, 5.74) is 1.41. The molecule has 3 aromatic rings. The number of pyridine rings is 1. The number of hydrogen-bond acceptors (Lipinski definition) is 5. The first-order valence-electron chi connectivity index (χ1n) is 8.35. The molecule has 0 fully saturated rings. The summed E-state index contributed by atoms with van der Waals surface area (Å²) in [6, 6.07) is 6.68. The fourth-order valence-electron chi connectivity index (χ4n) is 2.94. The van der Waals surface area contributed by atoms with Crippen LogP contribution in [0.3, 0.4) is 0 Å². The molecular weight excluding hydrogens is 346 g/mol. The number of amides is 2. The van der Waals surface area contributed by atoms with Crippen molar-refractivity contribution in [3.63, 3.8) is 0 Å². The Morgan fingerprint density at radius 2 is 2.22 bits per heavy atom. The molecule has 0 saturated heterocycles. The lowest BCUT2D eigenvalue weighted by molar-refractivity contribution is 0.0765. The summed E-state index contributed by atoms with van der Waals surface area (Å²) in [5, 5.41) is 12.5. The van der Waals surface area contributed by atoms with Crippen LogP contribution in [0.1, 0.15) is 33.5 Å². The van der Waals surface area contributed by atoms with E-state index in [1.807, 2.05) is 36.0 Å². The number of carbonyl (C=O) groups excluding carboxylic acids is 2. The highest BCUT2D eigenvalue weighted by Gasteiger charge is 2.21. The number of furan rings is 1. The fourth-order valence-corrected chi connectivity index (χ4v) is 2.94. The summed E-state index contributed by atoms with van der Waals surface area (Å²) < 4.78 is 6.80. The number of nitrogens with zero attached hydrogens (tertiary/aromatic N) is 4. The first-order valence-corrected chi connectivity index (χ1v) is 8.35. The summed E-state index contributed by atoms with van der Waals surface area (Å²) in [6.07, 6.45) is 4.72. The molecule has 0 aliphatic heterocycles. The van der Waals surface area contributed by atoms with Gasteiger partial charge in [-0.15, -0.1) is 0 Å². The molecule has 3 aromatic heterocycles. The number of nitrogens with one attached hydrogen (secondary N) is 1. The van der Waals surface area contributed by atoms with Crippen LogP contribution in [0.25, 0.3) is 10.9 Å². The lowest BCUT2D eigenvalue weighted by Gasteiger charge is -2.22. The second-order valence-corrected chi connectivity index (χ2v) is 6.40. The summed E-state index contributed by atoms with van der Waals surface area (Å²) in [6.45, 7) is 2.10. The predicted molar refractivity (Wildman–Crippen MR) is 98.0 cm³/mol. The molecule has 8 heteroatoms. The van der Waals surface area contributed by atoms with E-state index in [1.54, 1.807) is 20.2 Å². The lowest BCUT2D eigenvalue weighted by atomic mass is 10.2. The Kier molecular flexibility index (Phi) is 4.94. The van der Waals surface area contributed by atoms with E-state index in [4.69, 9.17) is 9.68 Å². The molecule has 1 atom stereocenters. The number of fused-ring (bicyclic) bond motifs is 1. The number of hydrogen-bond donors (Lipinski definition) is 1. The third kappa shape index (κ3) is 3.67. The standard InChI is InChI=1S/C19H19N5O3/c1-12(22-18(25)14-8-15(9-20)27-11-14)10-24(3)19(26)16-17-13(4-6-21-16)5-7-23(17)2/h4-8,11-12H,10H2,1-3H3,(H,22,25)/t12-/m0/s1. The highest BCUT2D eigenvalue weighted by atomic mass is 16.3. The number of aryl methyl sites for hydroxylation is 1. The Morgan fingerprint density at radius 3 is 2.93 bits per heavy atom. The van der Waals surface area contributed by atoms with Gasteiger partial charge in [-0.05, 0) is 19.1 Å². The zero-order valence-electron chi connectivity index (χ0n) is 15.3. The fraction of sp³-hybridized carbons (Fsp3) is 0.263. The molecule has 8 nitrogen and oxygen atoms in total. The van der Waals surface area contributed by atoms with E-state index >= 15 is 0 Å². The van der Waals surface area contributed by atoms with Crippen molar-refractivity contribution in [1.29, 1.82) is 5.26 Å². The second kappa shape index (κ2) is 7.33. The molecule has 0 saturated carbocycles. The molecule has 0 aliphatic carbocycles. The van der Waals surface area contributed by atoms with Crippen molar-refractivity contribution in [1.82, 2.24) is 19.8 Å². The summed E-state index contributed by atoms with van der Waals surface area (Å²) in [4.78, 5) is 30.8. The molecule has 27 heavy (non-hydrogen) atoms. The van der Waals surface area contributed by atoms with Gasteiger partial charge >= 0.3 is 0 Å². The number of nitriles is 1. The van der Waals surface area contributed by atoms with E-state index < -0.39 is 0 Å². The van der Waals surface area contributed by atoms with E-state index in [2.05, 4.69) is 10.3 Å². The van der Waals surface area contributed by atoms with Gasteiger partial charge in [0.1, 0.15) is 12.3 Å². The molecule has 0 radical (unpaired) electrons. The zero-order valence-corrected chi connectivity index (χ0v) is 15.3. The van der Waals surface area contributed by atoms with E-state index in [9.17, 15) is 9.59 Å². The Labute approximate surface area is 156 Å². The first-order chi connectivity index (χ1) is 12.9. The number of carbonyl (C=O) groups is 2. The molecule has 138 valence electrons. The minimum Gasteiger partial charge on any atom is -0.453 e. The van der Waals surface area contributed by atoms with Crippen molar-refractivity contribution < 1.29 is 14.0 Å². The summed E-state index contributed by atoms with van der Waals surface area (Å²) >= 11 is 0. The van der Waals surface area contributed by atoms with Gasteiger partial charge < -0.3 is 19.2 Å². The van der Waals surface area contributed by atoms with Crippen LogP contribution in [-0.2, 0) is 7.05 Å². The van der Waals surface area contributed by atoms with Gasteiger partial charge in [-0.2, -0.15) is 5.26 Å². The quantitative estimate of drug-likeness (QED) is 0.744. The van der Waals surface area contributed by atoms with Gasteiger partial charge in [0.15, 0.2) is 5.69 Å². The zero-order chi connectivity index (χ0) is 19.6. The van der Waals surface area contributed by atoms with Crippen molar-refractivity contribution >= 4 is 22.7 Å². The Balaban J connectivity index is 1.68. The first kappa shape index (κ1) is 18.2. The van der Waals surface area contributed by atoms with E-state index in [0.29, 0.717) is 12.2 Å². The second-order valence-electron chi connectivity index (χ2n) is 6.40. The molecule has 1 N–H and O–H groups in total. The third-order valence-corrected chi connectivity index (χ3v) is 4.23. The smallest absolute Gasteiger partial charge is 0.274 e. The molecule has 0 aliphatic rings. The summed E-state index contributed by atoms with van der Waals surface area (Å²) in [7, 11) is 3.53. The molecule has 0 unspecified atom stereocenters. The average molecular weight is 365 g/mol. The van der Waals surface area contributed by atoms with Crippen LogP contribution in [0, 0.1) is 11.3 Å². The van der Waals surface area contributed by atoms with Gasteiger partial charge in [-0.25, -0.2) is 4.98 Å². The number of aromatic nitrogens is 2. The molecule has 0 bridgehead atoms. The molecule has 0 aromatic carbocycles. The maximum atomic E-state index is 12.8. The van der Waals surface area contributed by atoms with Crippen LogP contribution >= 0.6 is 0 Å². The minimum atomic E-state index is -0.365. The third-order valence-electron chi connectivity index (χ3n) is 4.23. The normalized spacial score (nSPS) is 11.8. The van der Waals surface area contributed by atoms with Gasteiger partial charge in [-0.1, -0.05) is 0 Å². The topological polar surface area (TPSA) is 104 Å². The maximum Gasteiger partial charge on any atom is 0.274 e. The average Bonchev–Trinajstić information content (AvgIpc) is 3.28. The molecule has 0 spiro atoms. The van der Waals surface area contributed by atoms with Crippen molar-refractivity contribution in [3.8, 4) is 6.07 Å². The van der Waals surface area contributed by atoms with E-state index in [1.165, 1.54) is 17.2 Å². The molecule has 2 amide bonds. The van der Waals surface area contributed by atoms with Crippen molar-refractivity contribution in [2.24, 2.45) is 7.05 Å². The van der Waals surface area contributed by atoms with Gasteiger partial charge in [-0.3, -0.25) is 9.59 Å². The highest BCUT2D eigenvalue weighted by Crippen LogP contribution is 2.18. The monoisotopic (exact) mass is 365 g/mol. The van der Waals surface area contributed by atoms with Crippen molar-refractivity contribution in [2.45, 2.75) is 13.0 Å². The Hall–Kier alpha value is -3.60. The van der Waals surface area contributed by atoms with Crippen LogP contribution in [0.4, 0.5) is 0 Å². The van der Waals surface area contributed by atoms with Gasteiger partial charge in [0.25, 0.3) is 11.8 Å². The highest BCUT2D eigenvalue weighted by molar-refractivity contribution is 6.04. The molecule has 3 rings (SSSR count). The van der Waals surface area contributed by atoms with Gasteiger partial charge in [0.2, 0.25) is 5.76 Å². The van der Waals surface area contributed by atoms with Crippen molar-refractivity contribution in [2.75, 3.05) is 13.6 Å².